The molecule has 1 saturated heterocycles. The summed E-state index contributed by atoms with van der Waals surface area (Å²) in [6.07, 6.45) is 2.08. The highest BCUT2D eigenvalue weighted by molar-refractivity contribution is 7.89. The van der Waals surface area contributed by atoms with Gasteiger partial charge in [-0.15, -0.1) is 0 Å². The maximum atomic E-state index is 13.2. The largest absolute Gasteiger partial charge is 0.497 e. The summed E-state index contributed by atoms with van der Waals surface area (Å²) in [6, 6.07) is 10.2. The number of thiazole rings is 1. The Morgan fingerprint density at radius 2 is 1.90 bits per heavy atom. The minimum Gasteiger partial charge on any atom is -0.497 e. The van der Waals surface area contributed by atoms with Gasteiger partial charge < -0.3 is 9.64 Å². The standard InChI is InChI=1S/C21H24N4O4S2/c1-24(2)31(27,28)15-7-9-18(25-10-4-5-11-25)16(13-15)20(26)23-21-22-17-8-6-14(29-3)12-19(17)30-21/h6-9,12-13H,4-5,10-11H2,1-3H3,(H,22,23,26). The zero-order valence-corrected chi connectivity index (χ0v) is 19.2. The fourth-order valence-corrected chi connectivity index (χ4v) is 5.37. The number of carbonyl (C=O) groups excluding carboxylic acids is 1. The lowest BCUT2D eigenvalue weighted by Crippen LogP contribution is -2.25. The van der Waals surface area contributed by atoms with Gasteiger partial charge in [-0.25, -0.2) is 17.7 Å². The molecular weight excluding hydrogens is 436 g/mol. The molecule has 0 unspecified atom stereocenters. The van der Waals surface area contributed by atoms with Crippen molar-refractivity contribution in [3.63, 3.8) is 0 Å². The van der Waals surface area contributed by atoms with E-state index in [4.69, 9.17) is 4.74 Å². The Morgan fingerprint density at radius 3 is 2.58 bits per heavy atom. The van der Waals surface area contributed by atoms with Crippen LogP contribution in [-0.4, -0.2) is 57.9 Å². The Kier molecular flexibility index (Phi) is 5.87. The molecular formula is C21H24N4O4S2. The molecule has 2 heterocycles. The van der Waals surface area contributed by atoms with Gasteiger partial charge in [0.05, 0.1) is 27.8 Å². The highest BCUT2D eigenvalue weighted by Gasteiger charge is 2.25. The zero-order chi connectivity index (χ0) is 22.2. The van der Waals surface area contributed by atoms with Crippen molar-refractivity contribution in [1.29, 1.82) is 0 Å². The van der Waals surface area contributed by atoms with E-state index in [0.29, 0.717) is 16.4 Å². The Morgan fingerprint density at radius 1 is 1.16 bits per heavy atom. The minimum absolute atomic E-state index is 0.0830. The minimum atomic E-state index is -3.67. The van der Waals surface area contributed by atoms with E-state index >= 15 is 0 Å². The van der Waals surface area contributed by atoms with Crippen molar-refractivity contribution >= 4 is 48.3 Å². The molecule has 1 fully saturated rings. The molecule has 1 N–H and O–H groups in total. The fourth-order valence-electron chi connectivity index (χ4n) is 3.55. The number of ether oxygens (including phenoxy) is 1. The van der Waals surface area contributed by atoms with E-state index in [-0.39, 0.29) is 10.8 Å². The van der Waals surface area contributed by atoms with Gasteiger partial charge in [-0.3, -0.25) is 10.1 Å². The number of sulfonamides is 1. The third kappa shape index (κ3) is 4.23. The van der Waals surface area contributed by atoms with Crippen LogP contribution in [0.25, 0.3) is 10.2 Å². The maximum Gasteiger partial charge on any atom is 0.259 e. The molecule has 0 radical (unpaired) electrons. The Balaban J connectivity index is 1.71. The van der Waals surface area contributed by atoms with Crippen LogP contribution in [0, 0.1) is 0 Å². The van der Waals surface area contributed by atoms with E-state index in [2.05, 4.69) is 15.2 Å². The summed E-state index contributed by atoms with van der Waals surface area (Å²) >= 11 is 1.34. The summed E-state index contributed by atoms with van der Waals surface area (Å²) in [5, 5.41) is 3.30. The summed E-state index contributed by atoms with van der Waals surface area (Å²) < 4.78 is 32.5. The second-order valence-electron chi connectivity index (χ2n) is 7.47. The summed E-state index contributed by atoms with van der Waals surface area (Å²) in [6.45, 7) is 1.67. The molecule has 3 aromatic rings. The molecule has 1 aliphatic heterocycles. The van der Waals surface area contributed by atoms with Gasteiger partial charge in [-0.2, -0.15) is 0 Å². The average molecular weight is 461 g/mol. The van der Waals surface area contributed by atoms with Crippen LogP contribution in [0.1, 0.15) is 23.2 Å². The Labute approximate surface area is 185 Å². The molecule has 0 aliphatic carbocycles. The van der Waals surface area contributed by atoms with Crippen molar-refractivity contribution in [1.82, 2.24) is 9.29 Å². The van der Waals surface area contributed by atoms with E-state index < -0.39 is 10.0 Å². The van der Waals surface area contributed by atoms with Gasteiger partial charge in [-0.05, 0) is 49.2 Å². The summed E-state index contributed by atoms with van der Waals surface area (Å²) in [4.78, 5) is 19.9. The monoisotopic (exact) mass is 460 g/mol. The van der Waals surface area contributed by atoms with E-state index in [1.54, 1.807) is 19.2 Å². The zero-order valence-electron chi connectivity index (χ0n) is 17.6. The first-order valence-electron chi connectivity index (χ1n) is 9.87. The average Bonchev–Trinajstić information content (AvgIpc) is 3.42. The van der Waals surface area contributed by atoms with Gasteiger partial charge in [0.1, 0.15) is 5.75 Å². The number of hydrogen-bond donors (Lipinski definition) is 1. The van der Waals surface area contributed by atoms with Gasteiger partial charge in [0, 0.05) is 32.9 Å². The molecule has 164 valence electrons. The second kappa shape index (κ2) is 8.45. The lowest BCUT2D eigenvalue weighted by Gasteiger charge is -2.22. The number of aromatic nitrogens is 1. The maximum absolute atomic E-state index is 13.2. The highest BCUT2D eigenvalue weighted by Crippen LogP contribution is 2.32. The lowest BCUT2D eigenvalue weighted by atomic mass is 10.1. The van der Waals surface area contributed by atoms with Crippen LogP contribution < -0.4 is 15.0 Å². The number of fused-ring (bicyclic) bond motifs is 1. The normalized spacial score (nSPS) is 14.4. The first-order chi connectivity index (χ1) is 14.8. The Hall–Kier alpha value is -2.69. The number of hydrogen-bond acceptors (Lipinski definition) is 7. The van der Waals surface area contributed by atoms with Gasteiger partial charge in [0.25, 0.3) is 5.91 Å². The van der Waals surface area contributed by atoms with Crippen molar-refractivity contribution in [2.75, 3.05) is 44.5 Å². The number of methoxy groups -OCH3 is 1. The van der Waals surface area contributed by atoms with E-state index in [0.717, 1.165) is 46.1 Å². The summed E-state index contributed by atoms with van der Waals surface area (Å²) in [5.41, 5.74) is 1.81. The molecule has 0 atom stereocenters. The van der Waals surface area contributed by atoms with Crippen LogP contribution in [0.4, 0.5) is 10.8 Å². The van der Waals surface area contributed by atoms with Crippen LogP contribution >= 0.6 is 11.3 Å². The van der Waals surface area contributed by atoms with Crippen molar-refractivity contribution in [3.8, 4) is 5.75 Å². The molecule has 10 heteroatoms. The predicted octanol–water partition coefficient (Wildman–Crippen LogP) is 3.41. The molecule has 2 aromatic carbocycles. The number of nitrogens with zero attached hydrogens (tertiary/aromatic N) is 3. The van der Waals surface area contributed by atoms with Crippen LogP contribution in [0.15, 0.2) is 41.3 Å². The van der Waals surface area contributed by atoms with Gasteiger partial charge in [0.15, 0.2) is 5.13 Å². The molecule has 1 aromatic heterocycles. The molecule has 8 nitrogen and oxygen atoms in total. The smallest absolute Gasteiger partial charge is 0.259 e. The van der Waals surface area contributed by atoms with Gasteiger partial charge in [-0.1, -0.05) is 11.3 Å². The first kappa shape index (κ1) is 21.5. The molecule has 0 bridgehead atoms. The van der Waals surface area contributed by atoms with Crippen molar-refractivity contribution in [3.05, 3.63) is 42.0 Å². The topological polar surface area (TPSA) is 91.8 Å². The fraction of sp³-hybridized carbons (Fsp3) is 0.333. The van der Waals surface area contributed by atoms with Crippen LogP contribution in [0.2, 0.25) is 0 Å². The van der Waals surface area contributed by atoms with Crippen molar-refractivity contribution in [2.24, 2.45) is 0 Å². The number of rotatable bonds is 6. The molecule has 0 saturated carbocycles. The van der Waals surface area contributed by atoms with Gasteiger partial charge in [0.2, 0.25) is 10.0 Å². The molecule has 4 rings (SSSR count). The van der Waals surface area contributed by atoms with Gasteiger partial charge >= 0.3 is 0 Å². The molecule has 0 spiro atoms. The van der Waals surface area contributed by atoms with Crippen molar-refractivity contribution < 1.29 is 17.9 Å². The van der Waals surface area contributed by atoms with Crippen molar-refractivity contribution in [2.45, 2.75) is 17.7 Å². The summed E-state index contributed by atoms with van der Waals surface area (Å²) in [5.74, 6) is 0.329. The third-order valence-electron chi connectivity index (χ3n) is 5.25. The first-order valence-corrected chi connectivity index (χ1v) is 12.1. The van der Waals surface area contributed by atoms with E-state index in [9.17, 15) is 13.2 Å². The van der Waals surface area contributed by atoms with Crippen LogP contribution in [0.5, 0.6) is 5.75 Å². The SMILES string of the molecule is COc1ccc2nc(NC(=O)c3cc(S(=O)(=O)N(C)C)ccc3N3CCCC3)sc2c1. The highest BCUT2D eigenvalue weighted by atomic mass is 32.2. The second-order valence-corrected chi connectivity index (χ2v) is 10.6. The molecule has 1 amide bonds. The number of carbonyl (C=O) groups is 1. The number of anilines is 2. The molecule has 1 aliphatic rings. The van der Waals surface area contributed by atoms with E-state index in [1.807, 2.05) is 18.2 Å². The van der Waals surface area contributed by atoms with E-state index in [1.165, 1.54) is 31.5 Å². The number of nitrogens with one attached hydrogen (secondary N) is 1. The molecule has 31 heavy (non-hydrogen) atoms. The number of amides is 1. The predicted molar refractivity (Wildman–Crippen MR) is 123 cm³/mol. The summed E-state index contributed by atoms with van der Waals surface area (Å²) in [7, 11) is 0.873. The Bertz CT molecular complexity index is 1230. The van der Waals surface area contributed by atoms with Crippen LogP contribution in [0.3, 0.4) is 0 Å². The lowest BCUT2D eigenvalue weighted by molar-refractivity contribution is 0.102. The third-order valence-corrected chi connectivity index (χ3v) is 8.00. The number of benzene rings is 2. The van der Waals surface area contributed by atoms with Crippen LogP contribution in [-0.2, 0) is 10.0 Å². The quantitative estimate of drug-likeness (QED) is 0.606.